The van der Waals surface area contributed by atoms with Gasteiger partial charge in [0.15, 0.2) is 0 Å². The predicted octanol–water partition coefficient (Wildman–Crippen LogP) is 2.61. The van der Waals surface area contributed by atoms with Gasteiger partial charge in [0.25, 0.3) is 0 Å². The van der Waals surface area contributed by atoms with Crippen molar-refractivity contribution in [1.29, 1.82) is 5.26 Å². The Morgan fingerprint density at radius 2 is 2.11 bits per heavy atom. The molecule has 1 saturated carbocycles. The van der Waals surface area contributed by atoms with Gasteiger partial charge in [-0.15, -0.1) is 0 Å². The van der Waals surface area contributed by atoms with Crippen molar-refractivity contribution in [3.8, 4) is 6.07 Å². The van der Waals surface area contributed by atoms with Gasteiger partial charge < -0.3 is 0 Å². The summed E-state index contributed by atoms with van der Waals surface area (Å²) in [4.78, 5) is 0. The van der Waals surface area contributed by atoms with Crippen LogP contribution in [0.3, 0.4) is 0 Å². The molecule has 3 aliphatic rings. The Kier molecular flexibility index (Phi) is 2.26. The monoisotopic (exact) mass is 245 g/mol. The number of allylic oxidation sites excluding steroid dienone is 2. The van der Waals surface area contributed by atoms with Crippen LogP contribution in [0.25, 0.3) is 23.8 Å². The summed E-state index contributed by atoms with van der Waals surface area (Å²) in [5.41, 5.74) is 4.18. The molecule has 3 aliphatic carbocycles. The van der Waals surface area contributed by atoms with Crippen molar-refractivity contribution < 1.29 is 0 Å². The van der Waals surface area contributed by atoms with Crippen molar-refractivity contribution in [3.05, 3.63) is 45.8 Å². The molecule has 4 rings (SSSR count). The highest BCUT2D eigenvalue weighted by molar-refractivity contribution is 5.78. The molecule has 1 heteroatoms. The standard InChI is InChI=1S/C18H15N/c19-11-13-4-2-6-16-15(13)9-10-17-14-5-1-3-12(14)7-8-18(16)17/h1,3,5,7-10,13,15H,2,4,6H2. The quantitative estimate of drug-likeness (QED) is 0.689. The van der Waals surface area contributed by atoms with Gasteiger partial charge in [-0.3, -0.25) is 0 Å². The summed E-state index contributed by atoms with van der Waals surface area (Å²) < 4.78 is 0. The molecule has 1 fully saturated rings. The molecule has 0 aliphatic heterocycles. The van der Waals surface area contributed by atoms with Crippen molar-refractivity contribution in [2.45, 2.75) is 19.3 Å². The number of hydrogen-bond donors (Lipinski definition) is 0. The summed E-state index contributed by atoms with van der Waals surface area (Å²) in [5.74, 6) is 0.516. The Labute approximate surface area is 112 Å². The van der Waals surface area contributed by atoms with Gasteiger partial charge in [0, 0.05) is 5.92 Å². The molecule has 0 saturated heterocycles. The number of fused-ring (bicyclic) bond motifs is 4. The molecule has 19 heavy (non-hydrogen) atoms. The molecule has 0 amide bonds. The van der Waals surface area contributed by atoms with Crippen LogP contribution in [-0.2, 0) is 0 Å². The maximum atomic E-state index is 9.32. The van der Waals surface area contributed by atoms with Crippen LogP contribution >= 0.6 is 0 Å². The van der Waals surface area contributed by atoms with E-state index in [1.165, 1.54) is 27.1 Å². The molecule has 0 radical (unpaired) electrons. The lowest BCUT2D eigenvalue weighted by atomic mass is 9.72. The van der Waals surface area contributed by atoms with Gasteiger partial charge >= 0.3 is 0 Å². The summed E-state index contributed by atoms with van der Waals surface area (Å²) in [5, 5.41) is 12.0. The smallest absolute Gasteiger partial charge is 0.0665 e. The van der Waals surface area contributed by atoms with Gasteiger partial charge in [-0.1, -0.05) is 48.1 Å². The van der Waals surface area contributed by atoms with Crippen molar-refractivity contribution in [2.75, 3.05) is 0 Å². The largest absolute Gasteiger partial charge is 0.198 e. The normalized spacial score (nSPS) is 26.2. The summed E-state index contributed by atoms with van der Waals surface area (Å²) in [6.07, 6.45) is 14.3. The Bertz CT molecular complexity index is 771. The van der Waals surface area contributed by atoms with E-state index in [4.69, 9.17) is 0 Å². The molecule has 1 aromatic rings. The van der Waals surface area contributed by atoms with Gasteiger partial charge in [0.1, 0.15) is 0 Å². The highest BCUT2D eigenvalue weighted by atomic mass is 14.4. The summed E-state index contributed by atoms with van der Waals surface area (Å²) in [6, 6.07) is 6.96. The van der Waals surface area contributed by atoms with Crippen LogP contribution in [0.5, 0.6) is 0 Å². The van der Waals surface area contributed by atoms with E-state index < -0.39 is 0 Å². The number of nitriles is 1. The van der Waals surface area contributed by atoms with Gasteiger partial charge in [-0.05, 0) is 40.8 Å². The van der Waals surface area contributed by atoms with Crippen LogP contribution in [0.15, 0.2) is 24.3 Å². The van der Waals surface area contributed by atoms with Crippen LogP contribution in [0.2, 0.25) is 0 Å². The maximum absolute atomic E-state index is 9.32. The average molecular weight is 245 g/mol. The first kappa shape index (κ1) is 10.8. The van der Waals surface area contributed by atoms with E-state index in [2.05, 4.69) is 48.6 Å². The van der Waals surface area contributed by atoms with E-state index in [1.807, 2.05) is 0 Å². The molecule has 2 atom stereocenters. The second kappa shape index (κ2) is 3.96. The molecule has 1 nitrogen and oxygen atoms in total. The Hall–Kier alpha value is -2.07. The highest BCUT2D eigenvalue weighted by Crippen LogP contribution is 2.37. The summed E-state index contributed by atoms with van der Waals surface area (Å²) in [7, 11) is 0. The van der Waals surface area contributed by atoms with E-state index in [0.717, 1.165) is 19.3 Å². The molecule has 0 bridgehead atoms. The molecule has 0 N–H and O–H groups in total. The molecule has 1 aromatic carbocycles. The lowest BCUT2D eigenvalue weighted by molar-refractivity contribution is 0.466. The van der Waals surface area contributed by atoms with Crippen molar-refractivity contribution in [2.24, 2.45) is 11.8 Å². The third-order valence-electron chi connectivity index (χ3n) is 4.64. The zero-order valence-electron chi connectivity index (χ0n) is 10.8. The van der Waals surface area contributed by atoms with E-state index in [-0.39, 0.29) is 5.92 Å². The first-order valence-electron chi connectivity index (χ1n) is 7.01. The van der Waals surface area contributed by atoms with Gasteiger partial charge in [-0.25, -0.2) is 0 Å². The highest BCUT2D eigenvalue weighted by Gasteiger charge is 2.29. The second-order valence-electron chi connectivity index (χ2n) is 5.59. The van der Waals surface area contributed by atoms with Crippen LogP contribution in [-0.4, -0.2) is 0 Å². The van der Waals surface area contributed by atoms with E-state index >= 15 is 0 Å². The number of rotatable bonds is 0. The van der Waals surface area contributed by atoms with Gasteiger partial charge in [0.2, 0.25) is 0 Å². The van der Waals surface area contributed by atoms with Crippen LogP contribution in [0, 0.1) is 23.2 Å². The van der Waals surface area contributed by atoms with Crippen molar-refractivity contribution in [1.82, 2.24) is 0 Å². The lowest BCUT2D eigenvalue weighted by Gasteiger charge is -2.30. The Balaban J connectivity index is 2.01. The van der Waals surface area contributed by atoms with Crippen molar-refractivity contribution in [3.63, 3.8) is 0 Å². The first-order chi connectivity index (χ1) is 9.38. The zero-order valence-corrected chi connectivity index (χ0v) is 10.8. The molecular weight excluding hydrogens is 230 g/mol. The Morgan fingerprint density at radius 3 is 3.00 bits per heavy atom. The fourth-order valence-electron chi connectivity index (χ4n) is 3.70. The third kappa shape index (κ3) is 1.47. The van der Waals surface area contributed by atoms with Gasteiger partial charge in [0.05, 0.1) is 12.0 Å². The molecule has 0 spiro atoms. The molecular formula is C18H15N. The van der Waals surface area contributed by atoms with E-state index in [1.54, 1.807) is 0 Å². The van der Waals surface area contributed by atoms with E-state index in [9.17, 15) is 5.26 Å². The van der Waals surface area contributed by atoms with Crippen molar-refractivity contribution >= 4 is 23.8 Å². The molecule has 92 valence electrons. The topological polar surface area (TPSA) is 23.8 Å². The van der Waals surface area contributed by atoms with Crippen LogP contribution in [0.1, 0.15) is 30.4 Å². The second-order valence-corrected chi connectivity index (χ2v) is 5.59. The first-order valence-corrected chi connectivity index (χ1v) is 7.01. The molecule has 0 aromatic heterocycles. The molecule has 0 heterocycles. The minimum Gasteiger partial charge on any atom is -0.198 e. The Morgan fingerprint density at radius 1 is 1.16 bits per heavy atom. The minimum absolute atomic E-state index is 0.170. The molecule has 2 unspecified atom stereocenters. The SMILES string of the molecule is N#CC1CCCC2=c3ccc4c(c3C=CC21)C=CC=4. The fraction of sp³-hybridized carbons (Fsp3) is 0.278. The zero-order chi connectivity index (χ0) is 12.8. The van der Waals surface area contributed by atoms with E-state index in [0.29, 0.717) is 5.92 Å². The van der Waals surface area contributed by atoms with Crippen LogP contribution < -0.4 is 10.4 Å². The number of nitrogens with zero attached hydrogens (tertiary/aromatic N) is 1. The predicted molar refractivity (Wildman–Crippen MR) is 78.1 cm³/mol. The summed E-state index contributed by atoms with van der Waals surface area (Å²) in [6.45, 7) is 0. The minimum atomic E-state index is 0.170. The average Bonchev–Trinajstić information content (AvgIpc) is 2.94. The van der Waals surface area contributed by atoms with Gasteiger partial charge in [-0.2, -0.15) is 5.26 Å². The van der Waals surface area contributed by atoms with Crippen LogP contribution in [0.4, 0.5) is 0 Å². The summed E-state index contributed by atoms with van der Waals surface area (Å²) >= 11 is 0. The number of benzene rings is 1. The number of hydrogen-bond acceptors (Lipinski definition) is 1. The maximum Gasteiger partial charge on any atom is 0.0665 e. The fourth-order valence-corrected chi connectivity index (χ4v) is 3.70. The lowest BCUT2D eigenvalue weighted by Crippen LogP contribution is -2.29. The third-order valence-corrected chi connectivity index (χ3v) is 4.64.